The number of ether oxygens (including phenoxy) is 2. The average molecular weight is 455 g/mol. The molecule has 1 N–H and O–H groups in total. The number of nitrogens with one attached hydrogen (secondary N) is 1. The number of rotatable bonds is 4. The van der Waals surface area contributed by atoms with Gasteiger partial charge in [0.25, 0.3) is 0 Å². The zero-order valence-electron chi connectivity index (χ0n) is 18.8. The molecule has 0 amide bonds. The number of fused-ring (bicyclic) bond motifs is 1. The van der Waals surface area contributed by atoms with E-state index in [2.05, 4.69) is 43.3 Å². The maximum atomic E-state index is 6.29. The summed E-state index contributed by atoms with van der Waals surface area (Å²) in [7, 11) is 0. The molecule has 8 nitrogen and oxygen atoms in total. The third kappa shape index (κ3) is 4.08. The van der Waals surface area contributed by atoms with Crippen molar-refractivity contribution >= 4 is 11.6 Å². The lowest BCUT2D eigenvalue weighted by molar-refractivity contribution is 0.0660. The summed E-state index contributed by atoms with van der Waals surface area (Å²) in [6.07, 6.45) is 7.99. The minimum atomic E-state index is -0.154. The second-order valence-electron chi connectivity index (χ2n) is 8.44. The Morgan fingerprint density at radius 2 is 1.79 bits per heavy atom. The van der Waals surface area contributed by atoms with E-state index >= 15 is 0 Å². The van der Waals surface area contributed by atoms with Crippen molar-refractivity contribution in [2.75, 3.05) is 37.7 Å². The van der Waals surface area contributed by atoms with Crippen LogP contribution in [0.5, 0.6) is 5.75 Å². The molecule has 2 aromatic heterocycles. The van der Waals surface area contributed by atoms with Gasteiger partial charge in [0.15, 0.2) is 6.17 Å². The zero-order chi connectivity index (χ0) is 22.7. The van der Waals surface area contributed by atoms with E-state index in [0.29, 0.717) is 19.0 Å². The second kappa shape index (κ2) is 9.15. The van der Waals surface area contributed by atoms with E-state index in [1.807, 2.05) is 42.7 Å². The number of benzene rings is 1. The summed E-state index contributed by atoms with van der Waals surface area (Å²) in [5, 5.41) is 3.46. The Balaban J connectivity index is 1.35. The van der Waals surface area contributed by atoms with Crippen LogP contribution in [0, 0.1) is 0 Å². The largest absolute Gasteiger partial charge is 0.439 e. The Bertz CT molecular complexity index is 1210. The molecule has 0 radical (unpaired) electrons. The first-order chi connectivity index (χ1) is 16.8. The Morgan fingerprint density at radius 1 is 0.912 bits per heavy atom. The van der Waals surface area contributed by atoms with Crippen LogP contribution < -0.4 is 15.0 Å². The molecule has 6 rings (SSSR count). The standard InChI is InChI=1S/C26H26N6O2/c1-2-5-19(6-3-1)20-15-21(17-28-16-20)32-10-8-23-24(32)29-26(31-11-13-33-14-12-31)30-25(23)34-22-7-4-9-27-18-22/h1-7,9,15-18,24H,8,10-14H2,(H,29,30). The highest BCUT2D eigenvalue weighted by Gasteiger charge is 2.37. The minimum Gasteiger partial charge on any atom is -0.439 e. The van der Waals surface area contributed by atoms with Gasteiger partial charge in [-0.3, -0.25) is 15.3 Å². The van der Waals surface area contributed by atoms with Crippen molar-refractivity contribution in [3.63, 3.8) is 0 Å². The molecule has 2 saturated heterocycles. The van der Waals surface area contributed by atoms with Gasteiger partial charge in [-0.05, 0) is 30.2 Å². The molecular weight excluding hydrogens is 428 g/mol. The molecule has 1 unspecified atom stereocenters. The lowest BCUT2D eigenvalue weighted by Gasteiger charge is -2.35. The Labute approximate surface area is 198 Å². The molecule has 1 aromatic carbocycles. The zero-order valence-corrected chi connectivity index (χ0v) is 18.8. The van der Waals surface area contributed by atoms with E-state index in [1.54, 1.807) is 12.4 Å². The molecule has 0 bridgehead atoms. The third-order valence-corrected chi connectivity index (χ3v) is 6.32. The number of aliphatic imine (C=N–C) groups is 1. The molecular formula is C26H26N6O2. The van der Waals surface area contributed by atoms with Crippen molar-refractivity contribution in [1.29, 1.82) is 0 Å². The third-order valence-electron chi connectivity index (χ3n) is 6.32. The SMILES string of the molecule is c1ccc(-c2cncc(N3CCC4=C(Oc5cccnc5)NC(N5CCOCC5)=NC43)c2)cc1. The highest BCUT2D eigenvalue weighted by atomic mass is 16.5. The second-order valence-corrected chi connectivity index (χ2v) is 8.44. The monoisotopic (exact) mass is 454 g/mol. The summed E-state index contributed by atoms with van der Waals surface area (Å²) in [6.45, 7) is 3.79. The van der Waals surface area contributed by atoms with Gasteiger partial charge >= 0.3 is 0 Å². The van der Waals surface area contributed by atoms with Crippen LogP contribution in [0.25, 0.3) is 11.1 Å². The number of hydrogen-bond donors (Lipinski definition) is 1. The maximum absolute atomic E-state index is 6.29. The first kappa shape index (κ1) is 20.7. The van der Waals surface area contributed by atoms with E-state index in [4.69, 9.17) is 14.5 Å². The quantitative estimate of drug-likeness (QED) is 0.649. The fourth-order valence-electron chi connectivity index (χ4n) is 4.58. The van der Waals surface area contributed by atoms with Crippen molar-refractivity contribution in [2.24, 2.45) is 4.99 Å². The lowest BCUT2D eigenvalue weighted by Crippen LogP contribution is -2.51. The van der Waals surface area contributed by atoms with E-state index in [0.717, 1.165) is 60.3 Å². The van der Waals surface area contributed by atoms with Crippen molar-refractivity contribution < 1.29 is 9.47 Å². The summed E-state index contributed by atoms with van der Waals surface area (Å²) in [6, 6.07) is 16.3. The van der Waals surface area contributed by atoms with Crippen LogP contribution in [0.15, 0.2) is 89.8 Å². The molecule has 1 atom stereocenters. The van der Waals surface area contributed by atoms with Crippen LogP contribution in [-0.4, -0.2) is 59.8 Å². The number of nitrogens with zero attached hydrogens (tertiary/aromatic N) is 5. The van der Waals surface area contributed by atoms with Crippen molar-refractivity contribution in [2.45, 2.75) is 12.6 Å². The van der Waals surface area contributed by atoms with Gasteiger partial charge in [0.05, 0.1) is 31.3 Å². The van der Waals surface area contributed by atoms with E-state index in [-0.39, 0.29) is 6.17 Å². The number of aromatic nitrogens is 2. The minimum absolute atomic E-state index is 0.154. The molecule has 0 spiro atoms. The highest BCUT2D eigenvalue weighted by Crippen LogP contribution is 2.35. The van der Waals surface area contributed by atoms with Crippen LogP contribution in [0.4, 0.5) is 5.69 Å². The Morgan fingerprint density at radius 3 is 2.62 bits per heavy atom. The van der Waals surface area contributed by atoms with Gasteiger partial charge in [-0.25, -0.2) is 4.99 Å². The Hall–Kier alpha value is -3.91. The lowest BCUT2D eigenvalue weighted by atomic mass is 10.1. The van der Waals surface area contributed by atoms with Crippen LogP contribution in [0.1, 0.15) is 6.42 Å². The van der Waals surface area contributed by atoms with E-state index < -0.39 is 0 Å². The summed E-state index contributed by atoms with van der Waals surface area (Å²) in [5.41, 5.74) is 4.42. The van der Waals surface area contributed by atoms with E-state index in [9.17, 15) is 0 Å². The predicted molar refractivity (Wildman–Crippen MR) is 130 cm³/mol. The van der Waals surface area contributed by atoms with Gasteiger partial charge in [-0.15, -0.1) is 0 Å². The van der Waals surface area contributed by atoms with Gasteiger partial charge in [0, 0.05) is 43.2 Å². The van der Waals surface area contributed by atoms with Crippen LogP contribution in [0.3, 0.4) is 0 Å². The van der Waals surface area contributed by atoms with Crippen molar-refractivity contribution in [3.05, 3.63) is 84.8 Å². The fraction of sp³-hybridized carbons (Fsp3) is 0.269. The molecule has 172 valence electrons. The van der Waals surface area contributed by atoms with Gasteiger partial charge in [0.2, 0.25) is 11.8 Å². The molecule has 8 heteroatoms. The van der Waals surface area contributed by atoms with Gasteiger partial charge in [-0.2, -0.15) is 0 Å². The molecule has 5 heterocycles. The fourth-order valence-corrected chi connectivity index (χ4v) is 4.58. The average Bonchev–Trinajstić information content (AvgIpc) is 3.35. The molecule has 3 aromatic rings. The number of anilines is 1. The molecule has 3 aliphatic heterocycles. The van der Waals surface area contributed by atoms with E-state index in [1.165, 1.54) is 0 Å². The molecule has 3 aliphatic rings. The summed E-state index contributed by atoms with van der Waals surface area (Å²) in [5.74, 6) is 2.25. The number of pyridine rings is 2. The van der Waals surface area contributed by atoms with Crippen molar-refractivity contribution in [3.8, 4) is 16.9 Å². The van der Waals surface area contributed by atoms with Crippen LogP contribution in [-0.2, 0) is 4.74 Å². The first-order valence-corrected chi connectivity index (χ1v) is 11.6. The van der Waals surface area contributed by atoms with Crippen LogP contribution in [0.2, 0.25) is 0 Å². The smallest absolute Gasteiger partial charge is 0.203 e. The highest BCUT2D eigenvalue weighted by molar-refractivity contribution is 5.84. The number of hydrogen-bond acceptors (Lipinski definition) is 8. The molecule has 2 fully saturated rings. The molecule has 0 saturated carbocycles. The number of guanidine groups is 1. The molecule has 0 aliphatic carbocycles. The normalized spacial score (nSPS) is 20.0. The van der Waals surface area contributed by atoms with Crippen LogP contribution >= 0.6 is 0 Å². The van der Waals surface area contributed by atoms with Gasteiger partial charge in [-0.1, -0.05) is 30.3 Å². The maximum Gasteiger partial charge on any atom is 0.203 e. The molecule has 34 heavy (non-hydrogen) atoms. The van der Waals surface area contributed by atoms with Gasteiger partial charge < -0.3 is 19.3 Å². The topological polar surface area (TPSA) is 75.1 Å². The first-order valence-electron chi connectivity index (χ1n) is 11.6. The Kier molecular flexibility index (Phi) is 5.56. The number of morpholine rings is 1. The van der Waals surface area contributed by atoms with Crippen molar-refractivity contribution in [1.82, 2.24) is 20.2 Å². The summed E-state index contributed by atoms with van der Waals surface area (Å²) >= 11 is 0. The van der Waals surface area contributed by atoms with Gasteiger partial charge in [0.1, 0.15) is 5.75 Å². The summed E-state index contributed by atoms with van der Waals surface area (Å²) < 4.78 is 11.8. The predicted octanol–water partition coefficient (Wildman–Crippen LogP) is 3.26. The summed E-state index contributed by atoms with van der Waals surface area (Å²) in [4.78, 5) is 18.4.